The highest BCUT2D eigenvalue weighted by atomic mass is 16.5. The van der Waals surface area contributed by atoms with Crippen LogP contribution in [0.25, 0.3) is 55.4 Å². The molecule has 2 aliphatic rings. The Hall–Kier alpha value is -6.38. The number of pyridine rings is 4. The lowest BCUT2D eigenvalue weighted by Gasteiger charge is -2.23. The zero-order chi connectivity index (χ0) is 39.5. The summed E-state index contributed by atoms with van der Waals surface area (Å²) in [6, 6.07) is 25.7. The number of ether oxygens (including phenoxy) is 1. The molecule has 6 aromatic heterocycles. The number of nitrogens with zero attached hydrogens (tertiary/aromatic N) is 10. The summed E-state index contributed by atoms with van der Waals surface area (Å²) in [4.78, 5) is 55.1. The average Bonchev–Trinajstić information content (AvgIpc) is 3.62. The number of imidazole rings is 2. The van der Waals surface area contributed by atoms with E-state index in [9.17, 15) is 14.7 Å². The minimum absolute atomic E-state index is 0.153. The van der Waals surface area contributed by atoms with Crippen LogP contribution < -0.4 is 9.80 Å². The van der Waals surface area contributed by atoms with E-state index in [4.69, 9.17) is 19.7 Å². The number of likely N-dealkylation sites (N-methyl/N-ethyl adjacent to an activating group) is 1. The maximum atomic E-state index is 13.3. The maximum Gasteiger partial charge on any atom is 0.341 e. The molecule has 1 N–H and O–H groups in total. The Morgan fingerprint density at radius 3 is 2.00 bits per heavy atom. The van der Waals surface area contributed by atoms with Gasteiger partial charge in [-0.3, -0.25) is 13.7 Å². The zero-order valence-corrected chi connectivity index (χ0v) is 32.6. The number of fused-ring (bicyclic) bond motifs is 10. The van der Waals surface area contributed by atoms with E-state index in [1.807, 2.05) is 58.2 Å². The van der Waals surface area contributed by atoms with Crippen molar-refractivity contribution in [2.24, 2.45) is 0 Å². The third-order valence-electron chi connectivity index (χ3n) is 11.7. The summed E-state index contributed by atoms with van der Waals surface area (Å²) in [5, 5.41) is 11.6. The third kappa shape index (κ3) is 6.28. The van der Waals surface area contributed by atoms with Gasteiger partial charge >= 0.3 is 11.9 Å². The van der Waals surface area contributed by atoms with Crippen molar-refractivity contribution in [1.29, 1.82) is 0 Å². The molecule has 14 nitrogen and oxygen atoms in total. The highest BCUT2D eigenvalue weighted by Gasteiger charge is 2.24. The first-order valence-corrected chi connectivity index (χ1v) is 20.1. The molecule has 8 heterocycles. The Bertz CT molecular complexity index is 2920. The van der Waals surface area contributed by atoms with Crippen LogP contribution >= 0.6 is 0 Å². The van der Waals surface area contributed by atoms with Crippen molar-refractivity contribution < 1.29 is 19.4 Å². The van der Waals surface area contributed by atoms with E-state index in [0.29, 0.717) is 22.5 Å². The number of carbonyl (C=O) groups is 2. The maximum absolute atomic E-state index is 13.3. The lowest BCUT2D eigenvalue weighted by atomic mass is 10.1. The summed E-state index contributed by atoms with van der Waals surface area (Å²) >= 11 is 0. The normalized spacial score (nSPS) is 16.2. The summed E-state index contributed by atoms with van der Waals surface area (Å²) < 4.78 is 9.40. The molecule has 0 spiro atoms. The largest absolute Gasteiger partial charge is 0.478 e. The van der Waals surface area contributed by atoms with E-state index in [2.05, 4.69) is 62.0 Å². The molecule has 2 aliphatic heterocycles. The number of hydrogen-bond donors (Lipinski definition) is 1. The van der Waals surface area contributed by atoms with Crippen LogP contribution in [0.15, 0.2) is 78.9 Å². The molecule has 294 valence electrons. The second-order valence-electron chi connectivity index (χ2n) is 15.4. The Morgan fingerprint density at radius 1 is 0.638 bits per heavy atom. The van der Waals surface area contributed by atoms with E-state index in [-0.39, 0.29) is 12.2 Å². The Morgan fingerprint density at radius 2 is 1.28 bits per heavy atom. The molecule has 2 fully saturated rings. The van der Waals surface area contributed by atoms with Crippen LogP contribution in [-0.4, -0.2) is 122 Å². The summed E-state index contributed by atoms with van der Waals surface area (Å²) in [7, 11) is 2.16. The number of anilines is 2. The summed E-state index contributed by atoms with van der Waals surface area (Å²) in [5.74, 6) is 0.368. The molecule has 2 saturated heterocycles. The van der Waals surface area contributed by atoms with Gasteiger partial charge in [0.2, 0.25) is 0 Å². The van der Waals surface area contributed by atoms with Crippen LogP contribution in [0.4, 0.5) is 11.6 Å². The number of carbonyl (C=O) groups excluding carboxylic acids is 1. The van der Waals surface area contributed by atoms with Gasteiger partial charge in [-0.05, 0) is 99.6 Å². The first kappa shape index (κ1) is 36.0. The molecule has 0 radical (unpaired) electrons. The molecule has 0 amide bonds. The van der Waals surface area contributed by atoms with Crippen molar-refractivity contribution in [3.8, 4) is 0 Å². The van der Waals surface area contributed by atoms with Gasteiger partial charge in [-0.2, -0.15) is 0 Å². The predicted octanol–water partition coefficient (Wildman–Crippen LogP) is 6.11. The monoisotopic (exact) mass is 776 g/mol. The quantitative estimate of drug-likeness (QED) is 0.187. The molecule has 0 atom stereocenters. The Labute approximate surface area is 333 Å². The number of carboxylic acids is 1. The van der Waals surface area contributed by atoms with Crippen molar-refractivity contribution in [3.05, 3.63) is 95.6 Å². The molecule has 2 aromatic carbocycles. The van der Waals surface area contributed by atoms with Crippen molar-refractivity contribution in [2.45, 2.75) is 26.3 Å². The molecule has 0 unspecified atom stereocenters. The van der Waals surface area contributed by atoms with E-state index in [1.54, 1.807) is 6.07 Å². The van der Waals surface area contributed by atoms with Gasteiger partial charge in [0.15, 0.2) is 11.3 Å². The van der Waals surface area contributed by atoms with Gasteiger partial charge in [-0.1, -0.05) is 18.2 Å². The van der Waals surface area contributed by atoms with Crippen molar-refractivity contribution in [3.63, 3.8) is 0 Å². The molecule has 0 saturated carbocycles. The molecular weight excluding hydrogens is 733 g/mol. The minimum atomic E-state index is -1.02. The van der Waals surface area contributed by atoms with E-state index >= 15 is 0 Å². The topological polar surface area (TPSA) is 137 Å². The Kier molecular flexibility index (Phi) is 9.02. The second-order valence-corrected chi connectivity index (χ2v) is 15.4. The SMILES string of the molecule is CCOC(=O)c1cc2ccc(N3CCCN(C)CC3)nc2n2c1nc1cc(CN3CCCN(c4ccc5cc(C(=O)O)c6nc7ccccc7n6c5n4)CC3)ccc12. The lowest BCUT2D eigenvalue weighted by molar-refractivity contribution is 0.0527. The van der Waals surface area contributed by atoms with Crippen LogP contribution in [0.5, 0.6) is 0 Å². The van der Waals surface area contributed by atoms with Gasteiger partial charge in [-0.25, -0.2) is 29.5 Å². The molecule has 10 rings (SSSR count). The van der Waals surface area contributed by atoms with Crippen LogP contribution in [0.3, 0.4) is 0 Å². The number of para-hydroxylation sites is 2. The van der Waals surface area contributed by atoms with Crippen molar-refractivity contribution >= 4 is 79.0 Å². The molecule has 58 heavy (non-hydrogen) atoms. The van der Waals surface area contributed by atoms with Crippen LogP contribution in [0.1, 0.15) is 46.0 Å². The summed E-state index contributed by atoms with van der Waals surface area (Å²) in [6.45, 7) is 10.1. The highest BCUT2D eigenvalue weighted by Crippen LogP contribution is 2.31. The first-order valence-electron chi connectivity index (χ1n) is 20.1. The smallest absolute Gasteiger partial charge is 0.341 e. The zero-order valence-electron chi connectivity index (χ0n) is 32.6. The molecule has 8 aromatic rings. The van der Waals surface area contributed by atoms with Gasteiger partial charge in [0.1, 0.15) is 34.1 Å². The fourth-order valence-electron chi connectivity index (χ4n) is 8.72. The van der Waals surface area contributed by atoms with Gasteiger partial charge in [0.05, 0.1) is 28.7 Å². The van der Waals surface area contributed by atoms with Crippen LogP contribution in [0, 0.1) is 0 Å². The first-order chi connectivity index (χ1) is 28.3. The van der Waals surface area contributed by atoms with Gasteiger partial charge in [0, 0.05) is 63.1 Å². The summed E-state index contributed by atoms with van der Waals surface area (Å²) in [6.07, 6.45) is 2.03. The highest BCUT2D eigenvalue weighted by molar-refractivity contribution is 6.04. The summed E-state index contributed by atoms with van der Waals surface area (Å²) in [5.41, 5.74) is 7.38. The number of carboxylic acid groups (broad SMARTS) is 1. The number of aromatic carboxylic acids is 1. The van der Waals surface area contributed by atoms with Crippen LogP contribution in [-0.2, 0) is 11.3 Å². The molecule has 14 heteroatoms. The third-order valence-corrected chi connectivity index (χ3v) is 11.7. The number of rotatable bonds is 7. The van der Waals surface area contributed by atoms with E-state index < -0.39 is 11.9 Å². The van der Waals surface area contributed by atoms with Crippen molar-refractivity contribution in [1.82, 2.24) is 38.5 Å². The van der Waals surface area contributed by atoms with E-state index in [1.165, 1.54) is 0 Å². The fourth-order valence-corrected chi connectivity index (χ4v) is 8.72. The number of aromatic nitrogens is 6. The second kappa shape index (κ2) is 14.5. The molecular formula is C44H44N10O4. The van der Waals surface area contributed by atoms with Gasteiger partial charge in [0.25, 0.3) is 0 Å². The molecule has 0 aliphatic carbocycles. The van der Waals surface area contributed by atoms with E-state index in [0.717, 1.165) is 127 Å². The minimum Gasteiger partial charge on any atom is -0.478 e. The standard InChI is InChI=1S/C44H44N10O4/c1-3-58-44(57)32-26-30-12-15-37(51-18-6-16-49(2)20-22-51)47-40(30)54-36-13-10-28(24-34(36)46-42(32)54)27-50-17-7-19-52(23-21-50)38-14-11-29-25-31(43(55)56)41-45-33-8-4-5-9-35(33)53(41)39(29)48-38/h4-5,8-15,24-26H,3,6-7,16-23,27H2,1-2H3,(H,55,56). The number of benzene rings is 2. The predicted molar refractivity (Wildman–Crippen MR) is 225 cm³/mol. The lowest BCUT2D eigenvalue weighted by Crippen LogP contribution is -2.31. The van der Waals surface area contributed by atoms with Gasteiger partial charge < -0.3 is 24.5 Å². The average molecular weight is 777 g/mol. The molecule has 0 bridgehead atoms. The number of hydrogen-bond acceptors (Lipinski definition) is 11. The van der Waals surface area contributed by atoms with Gasteiger partial charge in [-0.15, -0.1) is 0 Å². The number of esters is 1. The fraction of sp³-hybridized carbons (Fsp3) is 0.318. The van der Waals surface area contributed by atoms with Crippen LogP contribution in [0.2, 0.25) is 0 Å². The van der Waals surface area contributed by atoms with Crippen molar-refractivity contribution in [2.75, 3.05) is 75.8 Å². The Balaban J connectivity index is 0.943.